The van der Waals surface area contributed by atoms with Gasteiger partial charge < -0.3 is 20.1 Å². The van der Waals surface area contributed by atoms with Crippen molar-refractivity contribution in [3.8, 4) is 5.75 Å². The van der Waals surface area contributed by atoms with Gasteiger partial charge in [0.2, 0.25) is 0 Å². The number of ether oxygens (including phenoxy) is 2. The highest BCUT2D eigenvalue weighted by Crippen LogP contribution is 2.43. The molecule has 1 spiro atoms. The van der Waals surface area contributed by atoms with E-state index in [1.54, 1.807) is 19.4 Å². The second-order valence-electron chi connectivity index (χ2n) is 7.59. The Bertz CT molecular complexity index is 844. The molecule has 0 bridgehead atoms. The van der Waals surface area contributed by atoms with E-state index in [-0.39, 0.29) is 0 Å². The highest BCUT2D eigenvalue weighted by Gasteiger charge is 2.41. The van der Waals surface area contributed by atoms with Crippen LogP contribution in [0.2, 0.25) is 0 Å². The zero-order valence-corrected chi connectivity index (χ0v) is 15.3. The van der Waals surface area contributed by atoms with Crippen molar-refractivity contribution < 1.29 is 14.3 Å². The van der Waals surface area contributed by atoms with Gasteiger partial charge in [0, 0.05) is 24.7 Å². The monoisotopic (exact) mass is 355 g/mol. The van der Waals surface area contributed by atoms with Crippen LogP contribution in [-0.2, 0) is 4.74 Å². The third-order valence-corrected chi connectivity index (χ3v) is 5.85. The Morgan fingerprint density at radius 3 is 2.77 bits per heavy atom. The molecule has 1 atom stereocenters. The summed E-state index contributed by atoms with van der Waals surface area (Å²) in [5.74, 6) is 0.946. The molecule has 0 saturated carbocycles. The number of rotatable bonds is 3. The van der Waals surface area contributed by atoms with E-state index in [1.165, 1.54) is 0 Å². The molecule has 6 nitrogen and oxygen atoms in total. The second-order valence-corrected chi connectivity index (χ2v) is 7.59. The molecular weight excluding hydrogens is 330 g/mol. The lowest BCUT2D eigenvalue weighted by molar-refractivity contribution is 0.0976. The van der Waals surface area contributed by atoms with Gasteiger partial charge in [0.15, 0.2) is 0 Å². The van der Waals surface area contributed by atoms with E-state index in [2.05, 4.69) is 16.8 Å². The summed E-state index contributed by atoms with van der Waals surface area (Å²) in [4.78, 5) is 18.7. The number of amides is 1. The van der Waals surface area contributed by atoms with E-state index < -0.39 is 5.91 Å². The highest BCUT2D eigenvalue weighted by atomic mass is 16.5. The summed E-state index contributed by atoms with van der Waals surface area (Å²) in [6, 6.07) is 5.57. The topological polar surface area (TPSA) is 77.7 Å². The number of anilines is 1. The molecule has 2 aliphatic heterocycles. The van der Waals surface area contributed by atoms with Crippen LogP contribution in [-0.4, -0.2) is 43.8 Å². The number of fused-ring (bicyclic) bond motifs is 1. The minimum atomic E-state index is -0.489. The summed E-state index contributed by atoms with van der Waals surface area (Å²) in [7, 11) is 1.55. The number of methoxy groups -OCH3 is 1. The van der Waals surface area contributed by atoms with Crippen LogP contribution in [0.1, 0.15) is 36.5 Å². The average Bonchev–Trinajstić information content (AvgIpc) is 3.01. The SMILES string of the molecule is COc1cc2c(N3CCC4(CC3)COC(C)C4)nccc2cc1C(N)=O. The maximum atomic E-state index is 11.7. The number of primary amides is 1. The Balaban J connectivity index is 1.66. The van der Waals surface area contributed by atoms with Gasteiger partial charge in [-0.05, 0) is 55.2 Å². The number of hydrogen-bond donors (Lipinski definition) is 1. The van der Waals surface area contributed by atoms with Crippen molar-refractivity contribution in [2.75, 3.05) is 31.7 Å². The molecule has 2 saturated heterocycles. The number of pyridine rings is 1. The predicted molar refractivity (Wildman–Crippen MR) is 101 cm³/mol. The van der Waals surface area contributed by atoms with Crippen molar-refractivity contribution in [2.24, 2.45) is 11.1 Å². The van der Waals surface area contributed by atoms with Crippen LogP contribution >= 0.6 is 0 Å². The molecule has 0 radical (unpaired) electrons. The van der Waals surface area contributed by atoms with Gasteiger partial charge in [0.05, 0.1) is 25.4 Å². The lowest BCUT2D eigenvalue weighted by Crippen LogP contribution is -2.41. The number of nitrogens with zero attached hydrogens (tertiary/aromatic N) is 2. The van der Waals surface area contributed by atoms with Crippen molar-refractivity contribution in [1.82, 2.24) is 4.98 Å². The number of nitrogens with two attached hydrogens (primary N) is 1. The summed E-state index contributed by atoms with van der Waals surface area (Å²) >= 11 is 0. The van der Waals surface area contributed by atoms with Crippen LogP contribution in [0.4, 0.5) is 5.82 Å². The van der Waals surface area contributed by atoms with Crippen molar-refractivity contribution in [2.45, 2.75) is 32.3 Å². The molecule has 2 aliphatic rings. The van der Waals surface area contributed by atoms with E-state index in [0.717, 1.165) is 55.5 Å². The standard InChI is InChI=1S/C20H25N3O3/c1-13-11-20(12-26-13)4-7-23(8-5-20)19-15-10-17(25-2)16(18(21)24)9-14(15)3-6-22-19/h3,6,9-10,13H,4-5,7-8,11-12H2,1-2H3,(H2,21,24). The van der Waals surface area contributed by atoms with Crippen LogP contribution in [0.3, 0.4) is 0 Å². The molecule has 1 amide bonds. The molecule has 0 aliphatic carbocycles. The van der Waals surface area contributed by atoms with E-state index in [1.807, 2.05) is 12.1 Å². The maximum Gasteiger partial charge on any atom is 0.252 e. The van der Waals surface area contributed by atoms with Gasteiger partial charge in [-0.15, -0.1) is 0 Å². The zero-order chi connectivity index (χ0) is 18.3. The normalized spacial score (nSPS) is 22.1. The van der Waals surface area contributed by atoms with Crippen molar-refractivity contribution >= 4 is 22.5 Å². The largest absolute Gasteiger partial charge is 0.496 e. The first-order valence-corrected chi connectivity index (χ1v) is 9.14. The molecule has 26 heavy (non-hydrogen) atoms. The van der Waals surface area contributed by atoms with Gasteiger partial charge in [0.1, 0.15) is 11.6 Å². The van der Waals surface area contributed by atoms with Crippen LogP contribution in [0, 0.1) is 5.41 Å². The van der Waals surface area contributed by atoms with Crippen molar-refractivity contribution in [3.05, 3.63) is 30.0 Å². The second kappa shape index (κ2) is 6.43. The first-order chi connectivity index (χ1) is 12.5. The van der Waals surface area contributed by atoms with Gasteiger partial charge in [-0.3, -0.25) is 4.79 Å². The molecule has 1 aromatic carbocycles. The fourth-order valence-electron chi connectivity index (χ4n) is 4.39. The van der Waals surface area contributed by atoms with Crippen molar-refractivity contribution in [3.63, 3.8) is 0 Å². The van der Waals surface area contributed by atoms with E-state index >= 15 is 0 Å². The van der Waals surface area contributed by atoms with Gasteiger partial charge in [-0.2, -0.15) is 0 Å². The number of carbonyl (C=O) groups is 1. The number of hydrogen-bond acceptors (Lipinski definition) is 5. The third-order valence-electron chi connectivity index (χ3n) is 5.85. The van der Waals surface area contributed by atoms with Crippen LogP contribution < -0.4 is 15.4 Å². The fourth-order valence-corrected chi connectivity index (χ4v) is 4.39. The van der Waals surface area contributed by atoms with Crippen molar-refractivity contribution in [1.29, 1.82) is 0 Å². The predicted octanol–water partition coefficient (Wildman–Crippen LogP) is 2.74. The summed E-state index contributed by atoms with van der Waals surface area (Å²) < 4.78 is 11.2. The highest BCUT2D eigenvalue weighted by molar-refractivity contribution is 6.03. The number of carbonyl (C=O) groups excluding carboxylic acids is 1. The molecule has 2 aromatic rings. The number of benzene rings is 1. The van der Waals surface area contributed by atoms with Gasteiger partial charge in [-0.1, -0.05) is 0 Å². The van der Waals surface area contributed by atoms with Crippen LogP contribution in [0.25, 0.3) is 10.8 Å². The Morgan fingerprint density at radius 2 is 2.15 bits per heavy atom. The Hall–Kier alpha value is -2.34. The third kappa shape index (κ3) is 2.88. The van der Waals surface area contributed by atoms with E-state index in [4.69, 9.17) is 15.2 Å². The minimum Gasteiger partial charge on any atom is -0.496 e. The molecule has 3 heterocycles. The molecule has 6 heteroatoms. The Kier molecular flexibility index (Phi) is 4.23. The molecule has 1 unspecified atom stereocenters. The maximum absolute atomic E-state index is 11.7. The number of piperidine rings is 1. The first-order valence-electron chi connectivity index (χ1n) is 9.14. The smallest absolute Gasteiger partial charge is 0.252 e. The molecular formula is C20H25N3O3. The lowest BCUT2D eigenvalue weighted by Gasteiger charge is -2.39. The average molecular weight is 355 g/mol. The lowest BCUT2D eigenvalue weighted by atomic mass is 9.77. The summed E-state index contributed by atoms with van der Waals surface area (Å²) in [6.07, 6.45) is 5.55. The molecule has 1 aromatic heterocycles. The molecule has 138 valence electrons. The molecule has 2 N–H and O–H groups in total. The quantitative estimate of drug-likeness (QED) is 0.916. The molecule has 4 rings (SSSR count). The van der Waals surface area contributed by atoms with Gasteiger partial charge in [-0.25, -0.2) is 4.98 Å². The van der Waals surface area contributed by atoms with E-state index in [9.17, 15) is 4.79 Å². The Labute approximate surface area is 153 Å². The van der Waals surface area contributed by atoms with E-state index in [0.29, 0.717) is 22.8 Å². The van der Waals surface area contributed by atoms with Crippen LogP contribution in [0.5, 0.6) is 5.75 Å². The minimum absolute atomic E-state index is 0.331. The Morgan fingerprint density at radius 1 is 1.38 bits per heavy atom. The van der Waals surface area contributed by atoms with Crippen LogP contribution in [0.15, 0.2) is 24.4 Å². The molecule has 2 fully saturated rings. The summed E-state index contributed by atoms with van der Waals surface area (Å²) in [5, 5.41) is 1.93. The number of aromatic nitrogens is 1. The van der Waals surface area contributed by atoms with Gasteiger partial charge in [0.25, 0.3) is 5.91 Å². The first kappa shape index (κ1) is 17.1. The van der Waals surface area contributed by atoms with Gasteiger partial charge >= 0.3 is 0 Å². The summed E-state index contributed by atoms with van der Waals surface area (Å²) in [5.41, 5.74) is 6.21. The fraction of sp³-hybridized carbons (Fsp3) is 0.500. The zero-order valence-electron chi connectivity index (χ0n) is 15.3. The summed E-state index contributed by atoms with van der Waals surface area (Å²) in [6.45, 7) is 4.96.